The Bertz CT molecular complexity index is 134. The lowest BCUT2D eigenvalue weighted by atomic mass is 10.6. The van der Waals surface area contributed by atoms with Crippen LogP contribution in [0.25, 0.3) is 0 Å². The van der Waals surface area contributed by atoms with Gasteiger partial charge in [-0.05, 0) is 13.8 Å². The van der Waals surface area contributed by atoms with E-state index in [1.807, 2.05) is 0 Å². The second kappa shape index (κ2) is 12.2. The molecule has 0 aliphatic carbocycles. The van der Waals surface area contributed by atoms with Crippen molar-refractivity contribution >= 4 is 17.7 Å². The van der Waals surface area contributed by atoms with E-state index >= 15 is 0 Å². The van der Waals surface area contributed by atoms with Gasteiger partial charge in [-0.3, -0.25) is 0 Å². The molecule has 0 fully saturated rings. The van der Waals surface area contributed by atoms with Crippen LogP contribution in [0.1, 0.15) is 13.8 Å². The zero-order valence-corrected chi connectivity index (χ0v) is 6.62. The fraction of sp³-hybridized carbons (Fsp3) is 0.400. The number of carboxylic acids is 2. The molecule has 0 atom stereocenters. The first-order valence-corrected chi connectivity index (χ1v) is 2.31. The van der Waals surface area contributed by atoms with E-state index in [0.29, 0.717) is 0 Å². The molecule has 0 unspecified atom stereocenters. The molecule has 7 nitrogen and oxygen atoms in total. The molecule has 0 aromatic rings. The van der Waals surface area contributed by atoms with Gasteiger partial charge in [-0.1, -0.05) is 0 Å². The maximum atomic E-state index is 9.44. The summed E-state index contributed by atoms with van der Waals surface area (Å²) in [5.41, 5.74) is 0. The van der Waals surface area contributed by atoms with Crippen LogP contribution in [0.4, 0.5) is 0 Å². The van der Waals surface area contributed by atoms with Gasteiger partial charge in [-0.25, -0.2) is 9.59 Å². The minimum atomic E-state index is -1.82. The first kappa shape index (κ1) is 22.4. The molecule has 0 aromatic heterocycles. The number of carboxylic acid groups (broad SMARTS) is 2. The largest absolute Gasteiger partial charge is 0.473 e. The lowest BCUT2D eigenvalue weighted by Gasteiger charge is -1.72. The molecule has 0 rings (SSSR count). The van der Waals surface area contributed by atoms with Crippen molar-refractivity contribution in [3.8, 4) is 0 Å². The van der Waals surface area contributed by atoms with Crippen LogP contribution in [0.5, 0.6) is 0 Å². The summed E-state index contributed by atoms with van der Waals surface area (Å²) in [7, 11) is 0. The number of hydrogen-bond acceptors (Lipinski definition) is 3. The van der Waals surface area contributed by atoms with Gasteiger partial charge in [0.15, 0.2) is 0 Å². The number of carbonyl (C=O) groups is 3. The van der Waals surface area contributed by atoms with Crippen LogP contribution >= 0.6 is 0 Å². The lowest BCUT2D eigenvalue weighted by molar-refractivity contribution is -0.159. The van der Waals surface area contributed by atoms with Gasteiger partial charge in [0.2, 0.25) is 0 Å². The van der Waals surface area contributed by atoms with Crippen molar-refractivity contribution in [3.05, 3.63) is 0 Å². The molecule has 0 heterocycles. The van der Waals surface area contributed by atoms with Crippen molar-refractivity contribution in [1.82, 2.24) is 0 Å². The summed E-state index contributed by atoms with van der Waals surface area (Å²) in [6.45, 7) is 3.06. The lowest BCUT2D eigenvalue weighted by Crippen LogP contribution is -2.09. The summed E-state index contributed by atoms with van der Waals surface area (Å²) in [4.78, 5) is 27.6. The van der Waals surface area contributed by atoms with Gasteiger partial charge in [0, 0.05) is 0 Å². The van der Waals surface area contributed by atoms with Crippen molar-refractivity contribution in [2.24, 2.45) is 0 Å². The molecule has 0 aromatic carbocycles. The monoisotopic (exact) mass is 184 g/mol. The first-order valence-electron chi connectivity index (χ1n) is 2.31. The van der Waals surface area contributed by atoms with Crippen LogP contribution in [0.15, 0.2) is 0 Å². The smallest absolute Gasteiger partial charge is 0.414 e. The average molecular weight is 184 g/mol. The number of Topliss-reactive ketones (excluding diaryl/α,β-unsaturated/α-hetero) is 1. The summed E-state index contributed by atoms with van der Waals surface area (Å²) in [5, 5.41) is 14.8. The number of ketones is 1. The minimum absolute atomic E-state index is 0. The highest BCUT2D eigenvalue weighted by atomic mass is 16.4. The minimum Gasteiger partial charge on any atom is -0.473 e. The molecule has 0 aliphatic heterocycles. The second-order valence-corrected chi connectivity index (χ2v) is 1.52. The molecular weight excluding hydrogens is 172 g/mol. The van der Waals surface area contributed by atoms with Crippen molar-refractivity contribution < 1.29 is 35.5 Å². The molecule has 0 saturated heterocycles. The molecule has 7 heteroatoms. The van der Waals surface area contributed by atoms with Crippen LogP contribution in [-0.4, -0.2) is 38.9 Å². The van der Waals surface area contributed by atoms with Gasteiger partial charge in [0.05, 0.1) is 0 Å². The van der Waals surface area contributed by atoms with Crippen molar-refractivity contribution in [2.45, 2.75) is 13.8 Å². The third-order valence-electron chi connectivity index (χ3n) is 0.183. The van der Waals surface area contributed by atoms with E-state index in [9.17, 15) is 4.79 Å². The van der Waals surface area contributed by atoms with Gasteiger partial charge in [0.1, 0.15) is 5.78 Å². The number of rotatable bonds is 0. The fourth-order valence-electron chi connectivity index (χ4n) is 0. The quantitative estimate of drug-likeness (QED) is 0.420. The second-order valence-electron chi connectivity index (χ2n) is 1.52. The third-order valence-corrected chi connectivity index (χ3v) is 0.183. The Hall–Kier alpha value is -1.47. The fourth-order valence-corrected chi connectivity index (χ4v) is 0. The predicted octanol–water partition coefficient (Wildman–Crippen LogP) is -1.90. The van der Waals surface area contributed by atoms with Crippen LogP contribution in [-0.2, 0) is 14.4 Å². The molecule has 0 bridgehead atoms. The van der Waals surface area contributed by atoms with Crippen molar-refractivity contribution in [1.29, 1.82) is 0 Å². The summed E-state index contributed by atoms with van der Waals surface area (Å²) >= 11 is 0. The Kier molecular flexibility index (Phi) is 22.9. The molecule has 6 N–H and O–H groups in total. The van der Waals surface area contributed by atoms with E-state index in [1.54, 1.807) is 0 Å². The summed E-state index contributed by atoms with van der Waals surface area (Å²) < 4.78 is 0. The number of carbonyl (C=O) groups excluding carboxylic acids is 1. The Morgan fingerprint density at radius 1 is 0.833 bits per heavy atom. The average Bonchev–Trinajstić information content (AvgIpc) is 1.63. The van der Waals surface area contributed by atoms with Crippen LogP contribution in [0, 0.1) is 0 Å². The highest BCUT2D eigenvalue weighted by Crippen LogP contribution is 1.56. The van der Waals surface area contributed by atoms with Crippen LogP contribution < -0.4 is 0 Å². The first-order chi connectivity index (χ1) is 4.37. The predicted molar refractivity (Wildman–Crippen MR) is 38.9 cm³/mol. The van der Waals surface area contributed by atoms with E-state index < -0.39 is 11.9 Å². The van der Waals surface area contributed by atoms with Crippen LogP contribution in [0.2, 0.25) is 0 Å². The van der Waals surface area contributed by atoms with Gasteiger partial charge in [0.25, 0.3) is 0 Å². The van der Waals surface area contributed by atoms with E-state index in [-0.39, 0.29) is 16.7 Å². The standard InChI is InChI=1S/C3H6O.C2H2O4.2H2O/c1-3(2)4;3-1(4)2(5)6;;/h1-2H3;(H,3,4)(H,5,6);2*1H2. The maximum absolute atomic E-state index is 9.44. The molecule has 0 aliphatic rings. The number of hydrogen-bond donors (Lipinski definition) is 2. The SMILES string of the molecule is CC(C)=O.O.O.O=C(O)C(=O)O. The molecule has 0 amide bonds. The molecule has 0 spiro atoms. The molecule has 12 heavy (non-hydrogen) atoms. The van der Waals surface area contributed by atoms with Crippen LogP contribution in [0.3, 0.4) is 0 Å². The van der Waals surface area contributed by atoms with Gasteiger partial charge in [-0.2, -0.15) is 0 Å². The third kappa shape index (κ3) is 75.6. The Balaban J connectivity index is -0.0000000483. The summed E-state index contributed by atoms with van der Waals surface area (Å²) in [6.07, 6.45) is 0. The van der Waals surface area contributed by atoms with Crippen molar-refractivity contribution in [2.75, 3.05) is 0 Å². The molecule has 0 saturated carbocycles. The highest BCUT2D eigenvalue weighted by molar-refractivity contribution is 6.27. The zero-order valence-electron chi connectivity index (χ0n) is 6.62. The van der Waals surface area contributed by atoms with Gasteiger partial charge >= 0.3 is 11.9 Å². The van der Waals surface area contributed by atoms with E-state index in [1.165, 1.54) is 13.8 Å². The van der Waals surface area contributed by atoms with Gasteiger partial charge in [-0.15, -0.1) is 0 Å². The van der Waals surface area contributed by atoms with Gasteiger partial charge < -0.3 is 26.0 Å². The van der Waals surface area contributed by atoms with E-state index in [2.05, 4.69) is 0 Å². The molecule has 0 radical (unpaired) electrons. The Morgan fingerprint density at radius 2 is 0.917 bits per heavy atom. The molecular formula is C5H12O7. The Morgan fingerprint density at radius 3 is 0.917 bits per heavy atom. The Labute approximate surface area is 68.2 Å². The highest BCUT2D eigenvalue weighted by Gasteiger charge is 2.04. The summed E-state index contributed by atoms with van der Waals surface area (Å²) in [5.74, 6) is -3.48. The van der Waals surface area contributed by atoms with E-state index in [0.717, 1.165) is 0 Å². The topological polar surface area (TPSA) is 155 Å². The normalized spacial score (nSPS) is 5.83. The molecule has 74 valence electrons. The summed E-state index contributed by atoms with van der Waals surface area (Å²) in [6, 6.07) is 0. The number of aliphatic carboxylic acids is 2. The zero-order chi connectivity index (χ0) is 8.73. The maximum Gasteiger partial charge on any atom is 0.414 e. The van der Waals surface area contributed by atoms with Crippen molar-refractivity contribution in [3.63, 3.8) is 0 Å². The van der Waals surface area contributed by atoms with E-state index in [4.69, 9.17) is 19.8 Å².